The Morgan fingerprint density at radius 1 is 1.27 bits per heavy atom. The molecule has 1 saturated carbocycles. The van der Waals surface area contributed by atoms with Crippen LogP contribution in [0.15, 0.2) is 36.3 Å². The molecular formula is C28H30F3NO5. The third-order valence-electron chi connectivity index (χ3n) is 6.25. The number of hydrogen-bond donors (Lipinski definition) is 2. The van der Waals surface area contributed by atoms with E-state index in [0.29, 0.717) is 0 Å². The van der Waals surface area contributed by atoms with E-state index in [1.807, 2.05) is 0 Å². The number of halogens is 3. The monoisotopic (exact) mass is 530 g/mol. The van der Waals surface area contributed by atoms with Gasteiger partial charge in [-0.25, -0.2) is 4.39 Å². The average molecular weight is 531 g/mol. The molecule has 0 radical (unpaired) electrons. The van der Waals surface area contributed by atoms with E-state index < -0.39 is 131 Å². The summed E-state index contributed by atoms with van der Waals surface area (Å²) in [6, 6.07) is -0.682. The largest absolute Gasteiger partial charge is 0.586 e. The average Bonchev–Trinajstić information content (AvgIpc) is 3.23. The molecule has 3 aromatic rings. The van der Waals surface area contributed by atoms with Gasteiger partial charge in [-0.1, -0.05) is 26.8 Å². The topological polar surface area (TPSA) is 80.9 Å². The highest BCUT2D eigenvalue weighted by molar-refractivity contribution is 5.95. The third kappa shape index (κ3) is 4.48. The summed E-state index contributed by atoms with van der Waals surface area (Å²) in [7, 11) is 0. The molecule has 0 spiro atoms. The smallest absolute Gasteiger partial charge is 0.395 e. The molecule has 0 unspecified atom stereocenters. The summed E-state index contributed by atoms with van der Waals surface area (Å²) in [5.41, 5.74) is -7.89. The van der Waals surface area contributed by atoms with Crippen LogP contribution in [0, 0.1) is 5.82 Å². The molecule has 2 aliphatic rings. The second kappa shape index (κ2) is 8.77. The summed E-state index contributed by atoms with van der Waals surface area (Å²) in [5, 5.41) is 19.7. The summed E-state index contributed by atoms with van der Waals surface area (Å²) in [4.78, 5) is 14.0. The highest BCUT2D eigenvalue weighted by atomic mass is 19.3. The number of aliphatic hydroxyl groups is 2. The lowest BCUT2D eigenvalue weighted by Gasteiger charge is -2.26. The number of benzene rings is 2. The first kappa shape index (κ1) is 14.2. The molecule has 9 heteroatoms. The molecule has 1 aliphatic carbocycles. The molecule has 6 nitrogen and oxygen atoms in total. The predicted molar refractivity (Wildman–Crippen MR) is 131 cm³/mol. The number of alkyl halides is 2. The van der Waals surface area contributed by atoms with Crippen molar-refractivity contribution in [3.8, 4) is 11.5 Å². The standard InChI is InChI=1S/C28H30F3NO5/c1-4-26(2,3)24-10-17-9-16(20(29)13-21(17)32(24)14-19(34)15-33)11-25(35)27(7-8-27)18-5-6-22-23(12-18)37-28(30,31)36-22/h5-6,9-10,12-13,19,33-34H,4,7-8,11,14-15H2,1-3H3/t19-/m1/s1/i4D2,7D2,8D2,9D,10D,13D,14D2,15D2. The van der Waals surface area contributed by atoms with E-state index in [1.165, 1.54) is 13.8 Å². The fourth-order valence-corrected chi connectivity index (χ4v) is 3.99. The van der Waals surface area contributed by atoms with Gasteiger partial charge in [-0.2, -0.15) is 0 Å². The lowest BCUT2D eigenvalue weighted by molar-refractivity contribution is -0.286. The third-order valence-corrected chi connectivity index (χ3v) is 6.25. The number of Topliss-reactive ketones (excluding diaryl/α,β-unsaturated/α-hetero) is 1. The SMILES string of the molecule is [2H]c1c(CC(=O)C2(c3ccc4c(c3)OC(F)(F)O4)C([2H])([2H])C2([2H])[2H])c(F)c([2H])c2c1c([2H])c(C(C)(C)C([2H])([2H])C)n2C([2H])([2H])[C@@H](O)C([2H])([2H])O. The molecule has 0 saturated heterocycles. The van der Waals surface area contributed by atoms with Crippen molar-refractivity contribution in [2.75, 3.05) is 6.56 Å². The minimum atomic E-state index is -4.12. The molecule has 198 valence electrons. The van der Waals surface area contributed by atoms with E-state index in [1.54, 1.807) is 0 Å². The maximum absolute atomic E-state index is 16.3. The summed E-state index contributed by atoms with van der Waals surface area (Å²) in [6.45, 7) is -3.81. The number of aromatic nitrogens is 1. The minimum absolute atomic E-state index is 0.266. The lowest BCUT2D eigenvalue weighted by Crippen LogP contribution is -2.26. The molecule has 0 amide bonds. The van der Waals surface area contributed by atoms with Crippen molar-refractivity contribution < 1.29 is 55.5 Å². The van der Waals surface area contributed by atoms with Crippen molar-refractivity contribution in [3.63, 3.8) is 0 Å². The molecule has 2 N–H and O–H groups in total. The Bertz CT molecular complexity index is 1940. The highest BCUT2D eigenvalue weighted by Gasteiger charge is 2.52. The van der Waals surface area contributed by atoms with Crippen LogP contribution in [0.2, 0.25) is 0 Å². The van der Waals surface area contributed by atoms with E-state index in [-0.39, 0.29) is 4.57 Å². The molecule has 1 aliphatic heterocycles. The Labute approximate surface area is 230 Å². The second-order valence-electron chi connectivity index (χ2n) is 9.04. The zero-order chi connectivity index (χ0) is 38.3. The molecule has 2 aromatic carbocycles. The summed E-state index contributed by atoms with van der Waals surface area (Å²) in [6.07, 6.45) is -16.8. The molecule has 37 heavy (non-hydrogen) atoms. The van der Waals surface area contributed by atoms with Crippen LogP contribution < -0.4 is 9.47 Å². The molecule has 5 rings (SSSR count). The zero-order valence-electron chi connectivity index (χ0n) is 32.7. The van der Waals surface area contributed by atoms with Gasteiger partial charge in [-0.05, 0) is 60.5 Å². The summed E-state index contributed by atoms with van der Waals surface area (Å²) >= 11 is 0. The highest BCUT2D eigenvalue weighted by Crippen LogP contribution is 2.52. The number of carbonyl (C=O) groups is 1. The van der Waals surface area contributed by atoms with Gasteiger partial charge >= 0.3 is 6.29 Å². The number of aliphatic hydroxyl groups excluding tert-OH is 1. The van der Waals surface area contributed by atoms with Crippen molar-refractivity contribution in [2.24, 2.45) is 0 Å². The molecule has 1 fully saturated rings. The van der Waals surface area contributed by atoms with Gasteiger partial charge in [-0.3, -0.25) is 4.79 Å². The number of hydrogen-bond acceptors (Lipinski definition) is 5. The summed E-state index contributed by atoms with van der Waals surface area (Å²) < 4.78 is 162. The van der Waals surface area contributed by atoms with E-state index in [4.69, 9.17) is 17.8 Å². The van der Waals surface area contributed by atoms with Crippen LogP contribution in [0.1, 0.15) is 74.5 Å². The molecule has 0 bridgehead atoms. The number of fused-ring (bicyclic) bond motifs is 2. The fraction of sp³-hybridized carbons (Fsp3) is 0.464. The Balaban J connectivity index is 1.77. The normalized spacial score (nSPS) is 27.3. The number of rotatable bonds is 9. The lowest BCUT2D eigenvalue weighted by atomic mass is 9.86. The Morgan fingerprint density at radius 2 is 1.97 bits per heavy atom. The Hall–Kier alpha value is -3.04. The van der Waals surface area contributed by atoms with Gasteiger partial charge in [0.25, 0.3) is 0 Å². The Kier molecular flexibility index (Phi) is 3.37. The van der Waals surface area contributed by atoms with E-state index in [0.717, 1.165) is 25.1 Å². The minimum Gasteiger partial charge on any atom is -0.395 e. The first-order valence-electron chi connectivity index (χ1n) is 17.5. The Morgan fingerprint density at radius 3 is 2.62 bits per heavy atom. The molecular weight excluding hydrogens is 487 g/mol. The van der Waals surface area contributed by atoms with Gasteiger partial charge in [0.15, 0.2) is 11.5 Å². The number of nitrogens with zero attached hydrogens (tertiary/aromatic N) is 1. The van der Waals surface area contributed by atoms with Crippen LogP contribution in [0.4, 0.5) is 13.2 Å². The molecule has 2 heterocycles. The van der Waals surface area contributed by atoms with Crippen LogP contribution in [0.5, 0.6) is 11.5 Å². The van der Waals surface area contributed by atoms with Crippen LogP contribution >= 0.6 is 0 Å². The van der Waals surface area contributed by atoms with Crippen LogP contribution in [-0.4, -0.2) is 39.5 Å². The van der Waals surface area contributed by atoms with Crippen LogP contribution in [0.3, 0.4) is 0 Å². The van der Waals surface area contributed by atoms with Crippen LogP contribution in [-0.2, 0) is 28.5 Å². The van der Waals surface area contributed by atoms with Crippen molar-refractivity contribution in [2.45, 2.75) is 76.0 Å². The quantitative estimate of drug-likeness (QED) is 0.408. The van der Waals surface area contributed by atoms with Crippen molar-refractivity contribution in [1.29, 1.82) is 0 Å². The van der Waals surface area contributed by atoms with Crippen molar-refractivity contribution in [3.05, 3.63) is 59.0 Å². The maximum atomic E-state index is 16.3. The fourth-order valence-electron chi connectivity index (χ4n) is 3.99. The van der Waals surface area contributed by atoms with Crippen LogP contribution in [0.25, 0.3) is 10.9 Å². The zero-order valence-corrected chi connectivity index (χ0v) is 19.7. The van der Waals surface area contributed by atoms with Crippen molar-refractivity contribution >= 4 is 16.7 Å². The molecule has 1 atom stereocenters. The van der Waals surface area contributed by atoms with Gasteiger partial charge < -0.3 is 24.3 Å². The number of carbonyl (C=O) groups excluding carboxylic acids is 1. The number of ketones is 1. The van der Waals surface area contributed by atoms with Gasteiger partial charge in [-0.15, -0.1) is 8.78 Å². The molecule has 1 aromatic heterocycles. The van der Waals surface area contributed by atoms with Crippen molar-refractivity contribution in [1.82, 2.24) is 4.57 Å². The van der Waals surface area contributed by atoms with E-state index >= 15 is 4.39 Å². The second-order valence-corrected chi connectivity index (χ2v) is 9.04. The van der Waals surface area contributed by atoms with Gasteiger partial charge in [0.2, 0.25) is 0 Å². The van der Waals surface area contributed by atoms with Gasteiger partial charge in [0, 0.05) is 31.1 Å². The summed E-state index contributed by atoms with van der Waals surface area (Å²) in [5.74, 6) is -4.29. The van der Waals surface area contributed by atoms with E-state index in [9.17, 15) is 23.8 Å². The van der Waals surface area contributed by atoms with Gasteiger partial charge in [0.05, 0.1) is 39.7 Å². The number of ether oxygens (including phenoxy) is 2. The maximum Gasteiger partial charge on any atom is 0.586 e. The predicted octanol–water partition coefficient (Wildman–Crippen LogP) is 4.99. The van der Waals surface area contributed by atoms with E-state index in [2.05, 4.69) is 9.47 Å². The first-order valence-corrected chi connectivity index (χ1v) is 11.0. The first-order chi connectivity index (χ1) is 22.3. The van der Waals surface area contributed by atoms with Gasteiger partial charge in [0.1, 0.15) is 11.6 Å².